The molecule has 0 atom stereocenters. The molecule has 134 valence electrons. The van der Waals surface area contributed by atoms with Crippen molar-refractivity contribution in [3.63, 3.8) is 0 Å². The molecule has 4 aromatic rings. The van der Waals surface area contributed by atoms with E-state index in [9.17, 15) is 4.39 Å². The molecule has 0 unspecified atom stereocenters. The van der Waals surface area contributed by atoms with Crippen molar-refractivity contribution in [1.29, 1.82) is 0 Å². The number of aromatic nitrogens is 2. The van der Waals surface area contributed by atoms with Crippen molar-refractivity contribution >= 4 is 27.7 Å². The molecule has 1 heterocycles. The lowest BCUT2D eigenvalue weighted by Gasteiger charge is -2.07. The molecule has 0 radical (unpaired) electrons. The van der Waals surface area contributed by atoms with Crippen LogP contribution in [0.25, 0.3) is 16.9 Å². The fraction of sp³-hybridized carbons (Fsp3) is 0.0455. The number of benzene rings is 3. The summed E-state index contributed by atoms with van der Waals surface area (Å²) < 4.78 is 16.7. The highest BCUT2D eigenvalue weighted by Crippen LogP contribution is 2.30. The van der Waals surface area contributed by atoms with Gasteiger partial charge in [-0.25, -0.2) is 9.37 Å². The molecular formula is C22H16BrFN2S. The lowest BCUT2D eigenvalue weighted by atomic mass is 10.2. The van der Waals surface area contributed by atoms with Gasteiger partial charge in [-0.3, -0.25) is 4.57 Å². The highest BCUT2D eigenvalue weighted by molar-refractivity contribution is 9.10. The van der Waals surface area contributed by atoms with Gasteiger partial charge in [-0.05, 0) is 35.9 Å². The Morgan fingerprint density at radius 1 is 0.926 bits per heavy atom. The Bertz CT molecular complexity index is 1050. The first-order valence-corrected chi connectivity index (χ1v) is 10.2. The first-order valence-electron chi connectivity index (χ1n) is 8.47. The van der Waals surface area contributed by atoms with E-state index >= 15 is 0 Å². The average molecular weight is 439 g/mol. The van der Waals surface area contributed by atoms with Crippen molar-refractivity contribution in [2.75, 3.05) is 0 Å². The fourth-order valence-corrected chi connectivity index (χ4v) is 3.97. The molecule has 0 saturated carbocycles. The van der Waals surface area contributed by atoms with Crippen molar-refractivity contribution in [1.82, 2.24) is 9.55 Å². The summed E-state index contributed by atoms with van der Waals surface area (Å²) in [5.41, 5.74) is 3.88. The molecule has 2 nitrogen and oxygen atoms in total. The van der Waals surface area contributed by atoms with Crippen molar-refractivity contribution in [3.8, 4) is 16.9 Å². The Morgan fingerprint density at radius 2 is 1.70 bits per heavy atom. The molecule has 4 rings (SSSR count). The number of rotatable bonds is 5. The number of thioether (sulfide) groups is 1. The van der Waals surface area contributed by atoms with E-state index in [0.717, 1.165) is 32.3 Å². The molecule has 1 aromatic heterocycles. The second kappa shape index (κ2) is 8.11. The topological polar surface area (TPSA) is 17.8 Å². The molecule has 0 N–H and O–H groups in total. The molecule has 0 aliphatic rings. The van der Waals surface area contributed by atoms with Gasteiger partial charge in [-0.2, -0.15) is 0 Å². The molecular weight excluding hydrogens is 423 g/mol. The minimum absolute atomic E-state index is 0.259. The molecule has 0 amide bonds. The molecule has 5 heteroatoms. The van der Waals surface area contributed by atoms with E-state index in [1.807, 2.05) is 59.3 Å². The Balaban J connectivity index is 1.71. The Kier molecular flexibility index (Phi) is 5.41. The van der Waals surface area contributed by atoms with Gasteiger partial charge in [0, 0.05) is 22.0 Å². The van der Waals surface area contributed by atoms with Crippen LogP contribution in [0.1, 0.15) is 5.56 Å². The summed E-state index contributed by atoms with van der Waals surface area (Å²) in [5.74, 6) is 0.540. The van der Waals surface area contributed by atoms with Crippen LogP contribution in [0.15, 0.2) is 94.7 Å². The van der Waals surface area contributed by atoms with Crippen LogP contribution in [-0.4, -0.2) is 9.55 Å². The smallest absolute Gasteiger partial charge is 0.173 e. The predicted molar refractivity (Wildman–Crippen MR) is 113 cm³/mol. The van der Waals surface area contributed by atoms with Gasteiger partial charge in [0.2, 0.25) is 0 Å². The molecule has 0 spiro atoms. The summed E-state index contributed by atoms with van der Waals surface area (Å²) >= 11 is 5.10. The van der Waals surface area contributed by atoms with E-state index in [1.54, 1.807) is 17.8 Å². The number of halogens is 2. The molecule has 3 aromatic carbocycles. The van der Waals surface area contributed by atoms with Crippen LogP contribution in [0.4, 0.5) is 4.39 Å². The van der Waals surface area contributed by atoms with Crippen LogP contribution >= 0.6 is 27.7 Å². The van der Waals surface area contributed by atoms with Crippen molar-refractivity contribution in [2.45, 2.75) is 10.9 Å². The van der Waals surface area contributed by atoms with Gasteiger partial charge in [0.15, 0.2) is 5.16 Å². The molecule has 0 aliphatic carbocycles. The summed E-state index contributed by atoms with van der Waals surface area (Å²) in [4.78, 5) is 4.82. The number of nitrogens with zero attached hydrogens (tertiary/aromatic N) is 2. The maximum atomic E-state index is 13.8. The maximum absolute atomic E-state index is 13.8. The standard InChI is InChI=1S/C22H16BrFN2S/c23-18-11-9-17(10-12-18)21-14-26(20-8-4-7-19(24)13-20)22(25-21)27-15-16-5-2-1-3-6-16/h1-14H,15H2. The van der Waals surface area contributed by atoms with Crippen LogP contribution < -0.4 is 0 Å². The first kappa shape index (κ1) is 18.0. The van der Waals surface area contributed by atoms with Crippen molar-refractivity contribution < 1.29 is 4.39 Å². The molecule has 0 saturated heterocycles. The average Bonchev–Trinajstić information content (AvgIpc) is 3.12. The lowest BCUT2D eigenvalue weighted by Crippen LogP contribution is -1.95. The maximum Gasteiger partial charge on any atom is 0.173 e. The van der Waals surface area contributed by atoms with Gasteiger partial charge in [0.25, 0.3) is 0 Å². The van der Waals surface area contributed by atoms with E-state index < -0.39 is 0 Å². The zero-order chi connectivity index (χ0) is 18.6. The summed E-state index contributed by atoms with van der Waals surface area (Å²) in [6.45, 7) is 0. The van der Waals surface area contributed by atoms with E-state index in [4.69, 9.17) is 4.98 Å². The Morgan fingerprint density at radius 3 is 2.44 bits per heavy atom. The normalized spacial score (nSPS) is 10.9. The second-order valence-corrected chi connectivity index (χ2v) is 7.90. The minimum Gasteiger partial charge on any atom is -0.294 e. The highest BCUT2D eigenvalue weighted by Gasteiger charge is 2.13. The molecule has 0 bridgehead atoms. The Hall–Kier alpha value is -2.37. The molecule has 27 heavy (non-hydrogen) atoms. The van der Waals surface area contributed by atoms with Crippen molar-refractivity contribution in [3.05, 3.63) is 101 Å². The monoisotopic (exact) mass is 438 g/mol. The third kappa shape index (κ3) is 4.31. The van der Waals surface area contributed by atoms with Crippen LogP contribution in [0.2, 0.25) is 0 Å². The highest BCUT2D eigenvalue weighted by atomic mass is 79.9. The zero-order valence-corrected chi connectivity index (χ0v) is 16.8. The Labute approximate surface area is 170 Å². The van der Waals surface area contributed by atoms with Gasteiger partial charge in [0.1, 0.15) is 5.82 Å². The summed E-state index contributed by atoms with van der Waals surface area (Å²) in [6.07, 6.45) is 1.96. The lowest BCUT2D eigenvalue weighted by molar-refractivity contribution is 0.626. The van der Waals surface area contributed by atoms with Crippen LogP contribution in [0.5, 0.6) is 0 Å². The van der Waals surface area contributed by atoms with E-state index in [0.29, 0.717) is 0 Å². The van der Waals surface area contributed by atoms with E-state index in [-0.39, 0.29) is 5.82 Å². The second-order valence-electron chi connectivity index (χ2n) is 6.04. The third-order valence-electron chi connectivity index (χ3n) is 4.11. The molecule has 0 aliphatic heterocycles. The van der Waals surface area contributed by atoms with Gasteiger partial charge < -0.3 is 0 Å². The summed E-state index contributed by atoms with van der Waals surface area (Å²) in [6, 6.07) is 24.9. The summed E-state index contributed by atoms with van der Waals surface area (Å²) in [7, 11) is 0. The minimum atomic E-state index is -0.259. The zero-order valence-electron chi connectivity index (χ0n) is 14.3. The SMILES string of the molecule is Fc1cccc(-n2cc(-c3ccc(Br)cc3)nc2SCc2ccccc2)c1. The number of hydrogen-bond acceptors (Lipinski definition) is 2. The quantitative estimate of drug-likeness (QED) is 0.321. The predicted octanol–water partition coefficient (Wildman–Crippen LogP) is 6.73. The van der Waals surface area contributed by atoms with Crippen LogP contribution in [0.3, 0.4) is 0 Å². The van der Waals surface area contributed by atoms with Gasteiger partial charge in [-0.15, -0.1) is 0 Å². The van der Waals surface area contributed by atoms with Gasteiger partial charge >= 0.3 is 0 Å². The fourth-order valence-electron chi connectivity index (χ4n) is 2.76. The number of imidazole rings is 1. The van der Waals surface area contributed by atoms with Crippen LogP contribution in [-0.2, 0) is 5.75 Å². The van der Waals surface area contributed by atoms with Gasteiger partial charge in [-0.1, -0.05) is 76.2 Å². The van der Waals surface area contributed by atoms with E-state index in [2.05, 4.69) is 28.1 Å². The first-order chi connectivity index (χ1) is 13.2. The molecule has 0 fully saturated rings. The third-order valence-corrected chi connectivity index (χ3v) is 5.66. The van der Waals surface area contributed by atoms with Crippen molar-refractivity contribution in [2.24, 2.45) is 0 Å². The van der Waals surface area contributed by atoms with E-state index in [1.165, 1.54) is 17.7 Å². The largest absolute Gasteiger partial charge is 0.294 e. The summed E-state index contributed by atoms with van der Waals surface area (Å²) in [5, 5.41) is 0.836. The van der Waals surface area contributed by atoms with Crippen LogP contribution in [0, 0.1) is 5.82 Å². The number of hydrogen-bond donors (Lipinski definition) is 0. The van der Waals surface area contributed by atoms with Gasteiger partial charge in [0.05, 0.1) is 11.4 Å².